The highest BCUT2D eigenvalue weighted by Crippen LogP contribution is 2.05. The van der Waals surface area contributed by atoms with Crippen LogP contribution in [-0.2, 0) is 18.4 Å². The minimum atomic E-state index is 0.652. The fourth-order valence-electron chi connectivity index (χ4n) is 0.841. The van der Waals surface area contributed by atoms with Crippen LogP contribution in [0.4, 0.5) is 0 Å². The molecule has 0 radical (unpaired) electrons. The fourth-order valence-corrected chi connectivity index (χ4v) is 0.841. The van der Waals surface area contributed by atoms with Crippen molar-refractivity contribution in [1.29, 1.82) is 0 Å². The van der Waals surface area contributed by atoms with Crippen molar-refractivity contribution >= 4 is 0 Å². The molecule has 1 heterocycles. The van der Waals surface area contributed by atoms with Gasteiger partial charge in [-0.25, -0.2) is 0 Å². The third-order valence-electron chi connectivity index (χ3n) is 1.64. The number of hydrogen-bond acceptors (Lipinski definition) is 2. The van der Waals surface area contributed by atoms with Crippen LogP contribution in [0.1, 0.15) is 11.3 Å². The Morgan fingerprint density at radius 2 is 2.40 bits per heavy atom. The largest absolute Gasteiger partial charge is 0.380 e. The first-order chi connectivity index (χ1) is 4.75. The Hall–Kier alpha value is -0.830. The minimum absolute atomic E-state index is 0.652. The Labute approximate surface area is 60.6 Å². The maximum absolute atomic E-state index is 4.97. The molecule has 0 fully saturated rings. The van der Waals surface area contributed by atoms with Crippen molar-refractivity contribution in [2.75, 3.05) is 7.11 Å². The summed E-state index contributed by atoms with van der Waals surface area (Å²) < 4.78 is 6.81. The lowest BCUT2D eigenvalue weighted by atomic mass is 10.3. The molecule has 0 amide bonds. The van der Waals surface area contributed by atoms with Crippen LogP contribution in [0.5, 0.6) is 0 Å². The monoisotopic (exact) mass is 140 g/mol. The van der Waals surface area contributed by atoms with E-state index in [1.165, 1.54) is 5.69 Å². The van der Waals surface area contributed by atoms with Crippen LogP contribution in [-0.4, -0.2) is 16.9 Å². The highest BCUT2D eigenvalue weighted by molar-refractivity contribution is 5.14. The van der Waals surface area contributed by atoms with Gasteiger partial charge in [0.2, 0.25) is 0 Å². The molecule has 0 bridgehead atoms. The average Bonchev–Trinajstić information content (AvgIpc) is 2.20. The van der Waals surface area contributed by atoms with E-state index in [1.54, 1.807) is 7.11 Å². The molecule has 0 N–H and O–H groups in total. The van der Waals surface area contributed by atoms with E-state index < -0.39 is 0 Å². The summed E-state index contributed by atoms with van der Waals surface area (Å²) in [5.41, 5.74) is 2.33. The predicted octanol–water partition coefficient (Wildman–Crippen LogP) is 0.875. The first kappa shape index (κ1) is 7.28. The topological polar surface area (TPSA) is 27.1 Å². The normalized spacial score (nSPS) is 10.3. The second kappa shape index (κ2) is 2.84. The van der Waals surface area contributed by atoms with Gasteiger partial charge in [0.1, 0.15) is 0 Å². The van der Waals surface area contributed by atoms with Gasteiger partial charge in [-0.15, -0.1) is 0 Å². The van der Waals surface area contributed by atoms with Gasteiger partial charge in [-0.05, 0) is 6.92 Å². The van der Waals surface area contributed by atoms with Gasteiger partial charge in [-0.2, -0.15) is 5.10 Å². The van der Waals surface area contributed by atoms with Crippen molar-refractivity contribution in [1.82, 2.24) is 9.78 Å². The molecule has 0 aliphatic carbocycles. The molecule has 1 aromatic rings. The lowest BCUT2D eigenvalue weighted by Gasteiger charge is -1.96. The second-order valence-corrected chi connectivity index (χ2v) is 2.31. The standard InChI is InChI=1S/C7H12N2O/c1-6-7(5-10-3)4-8-9(6)2/h4H,5H2,1-3H3. The van der Waals surface area contributed by atoms with Crippen molar-refractivity contribution in [2.45, 2.75) is 13.5 Å². The third kappa shape index (κ3) is 1.19. The Morgan fingerprint density at radius 3 is 2.80 bits per heavy atom. The van der Waals surface area contributed by atoms with E-state index in [1.807, 2.05) is 24.9 Å². The van der Waals surface area contributed by atoms with E-state index in [4.69, 9.17) is 4.74 Å². The number of hydrogen-bond donors (Lipinski definition) is 0. The zero-order valence-corrected chi connectivity index (χ0v) is 6.59. The molecule has 0 aliphatic rings. The SMILES string of the molecule is COCc1cnn(C)c1C. The lowest BCUT2D eigenvalue weighted by molar-refractivity contribution is 0.184. The predicted molar refractivity (Wildman–Crippen MR) is 38.7 cm³/mol. The number of rotatable bonds is 2. The average molecular weight is 140 g/mol. The van der Waals surface area contributed by atoms with Crippen molar-refractivity contribution in [3.8, 4) is 0 Å². The van der Waals surface area contributed by atoms with E-state index in [2.05, 4.69) is 5.10 Å². The number of nitrogens with zero attached hydrogens (tertiary/aromatic N) is 2. The van der Waals surface area contributed by atoms with E-state index >= 15 is 0 Å². The maximum Gasteiger partial charge on any atom is 0.0746 e. The van der Waals surface area contributed by atoms with Crippen LogP contribution < -0.4 is 0 Å². The van der Waals surface area contributed by atoms with Gasteiger partial charge in [0.15, 0.2) is 0 Å². The molecule has 0 atom stereocenters. The van der Waals surface area contributed by atoms with Crippen molar-refractivity contribution in [3.63, 3.8) is 0 Å². The number of aryl methyl sites for hydroxylation is 1. The number of ether oxygens (including phenoxy) is 1. The molecule has 56 valence electrons. The summed E-state index contributed by atoms with van der Waals surface area (Å²) in [4.78, 5) is 0. The van der Waals surface area contributed by atoms with Crippen LogP contribution >= 0.6 is 0 Å². The number of methoxy groups -OCH3 is 1. The Balaban J connectivity index is 2.83. The summed E-state index contributed by atoms with van der Waals surface area (Å²) in [6.07, 6.45) is 1.83. The molecule has 3 heteroatoms. The summed E-state index contributed by atoms with van der Waals surface area (Å²) in [6.45, 7) is 2.68. The first-order valence-electron chi connectivity index (χ1n) is 3.22. The molecule has 0 saturated carbocycles. The quantitative estimate of drug-likeness (QED) is 0.609. The molecule has 0 saturated heterocycles. The van der Waals surface area contributed by atoms with E-state index in [9.17, 15) is 0 Å². The van der Waals surface area contributed by atoms with Gasteiger partial charge < -0.3 is 4.74 Å². The zero-order chi connectivity index (χ0) is 7.56. The lowest BCUT2D eigenvalue weighted by Crippen LogP contribution is -1.94. The fraction of sp³-hybridized carbons (Fsp3) is 0.571. The molecule has 0 spiro atoms. The minimum Gasteiger partial charge on any atom is -0.380 e. The van der Waals surface area contributed by atoms with Crippen LogP contribution in [0.25, 0.3) is 0 Å². The Bertz CT molecular complexity index is 217. The molecule has 0 unspecified atom stereocenters. The third-order valence-corrected chi connectivity index (χ3v) is 1.64. The highest BCUT2D eigenvalue weighted by Gasteiger charge is 2.00. The van der Waals surface area contributed by atoms with Crippen LogP contribution in [0.2, 0.25) is 0 Å². The summed E-state index contributed by atoms with van der Waals surface area (Å²) in [5, 5.41) is 4.07. The molecule has 3 nitrogen and oxygen atoms in total. The van der Waals surface area contributed by atoms with E-state index in [0.29, 0.717) is 6.61 Å². The van der Waals surface area contributed by atoms with Crippen LogP contribution in [0.15, 0.2) is 6.20 Å². The van der Waals surface area contributed by atoms with Gasteiger partial charge >= 0.3 is 0 Å². The molecule has 0 aliphatic heterocycles. The molecule has 0 aromatic carbocycles. The Morgan fingerprint density at radius 1 is 1.70 bits per heavy atom. The van der Waals surface area contributed by atoms with Crippen LogP contribution in [0, 0.1) is 6.92 Å². The van der Waals surface area contributed by atoms with Crippen molar-refractivity contribution in [2.24, 2.45) is 7.05 Å². The molecular weight excluding hydrogens is 128 g/mol. The van der Waals surface area contributed by atoms with Gasteiger partial charge in [0.05, 0.1) is 12.8 Å². The van der Waals surface area contributed by atoms with Gasteiger partial charge in [0.25, 0.3) is 0 Å². The second-order valence-electron chi connectivity index (χ2n) is 2.31. The smallest absolute Gasteiger partial charge is 0.0746 e. The highest BCUT2D eigenvalue weighted by atomic mass is 16.5. The van der Waals surface area contributed by atoms with E-state index in [-0.39, 0.29) is 0 Å². The van der Waals surface area contributed by atoms with Crippen molar-refractivity contribution < 1.29 is 4.74 Å². The summed E-state index contributed by atoms with van der Waals surface area (Å²) in [7, 11) is 3.61. The Kier molecular flexibility index (Phi) is 2.06. The van der Waals surface area contributed by atoms with Crippen LogP contribution in [0.3, 0.4) is 0 Å². The van der Waals surface area contributed by atoms with E-state index in [0.717, 1.165) is 5.56 Å². The first-order valence-corrected chi connectivity index (χ1v) is 3.22. The summed E-state index contributed by atoms with van der Waals surface area (Å²) >= 11 is 0. The molecule has 10 heavy (non-hydrogen) atoms. The summed E-state index contributed by atoms with van der Waals surface area (Å²) in [6, 6.07) is 0. The van der Waals surface area contributed by atoms with Gasteiger partial charge in [0, 0.05) is 25.4 Å². The summed E-state index contributed by atoms with van der Waals surface area (Å²) in [5.74, 6) is 0. The van der Waals surface area contributed by atoms with Gasteiger partial charge in [-0.3, -0.25) is 4.68 Å². The molecule has 1 rings (SSSR count). The number of aromatic nitrogens is 2. The van der Waals surface area contributed by atoms with Crippen molar-refractivity contribution in [3.05, 3.63) is 17.5 Å². The molecular formula is C7H12N2O. The van der Waals surface area contributed by atoms with Gasteiger partial charge in [-0.1, -0.05) is 0 Å². The molecule has 1 aromatic heterocycles. The zero-order valence-electron chi connectivity index (χ0n) is 6.59. The maximum atomic E-state index is 4.97.